The Bertz CT molecular complexity index is 1300. The highest BCUT2D eigenvalue weighted by atomic mass is 16.7. The SMILES string of the molecule is CCCCCCCCCCCCCCCCCCCCCCCCCCCCCCCCCCCC(=O)OC(COC(=O)CCCCCCCCCCCCCCCCCCCCCCCCCC)COC(OCC[N+](C)(C)C)C(=O)O. The first-order valence-electron chi connectivity index (χ1n) is 36.7. The van der Waals surface area contributed by atoms with Gasteiger partial charge in [-0.3, -0.25) is 9.59 Å². The van der Waals surface area contributed by atoms with Crippen LogP contribution in [0.4, 0.5) is 0 Å². The lowest BCUT2D eigenvalue weighted by atomic mass is 10.0. The molecule has 0 aromatic heterocycles. The molecule has 488 valence electrons. The quantitative estimate of drug-likeness (QED) is 0.0278. The average Bonchev–Trinajstić information content (AvgIpc) is 3.45. The van der Waals surface area contributed by atoms with Crippen molar-refractivity contribution < 1.29 is 42.9 Å². The molecule has 0 amide bonds. The van der Waals surface area contributed by atoms with Crippen LogP contribution < -0.4 is 0 Å². The molecule has 2 unspecified atom stereocenters. The van der Waals surface area contributed by atoms with Crippen LogP contribution in [0, 0.1) is 0 Å². The molecule has 9 nitrogen and oxygen atoms in total. The van der Waals surface area contributed by atoms with Gasteiger partial charge in [0.15, 0.2) is 6.10 Å². The van der Waals surface area contributed by atoms with E-state index in [4.69, 9.17) is 18.9 Å². The fourth-order valence-corrected chi connectivity index (χ4v) is 11.5. The molecule has 1 N–H and O–H groups in total. The highest BCUT2D eigenvalue weighted by molar-refractivity contribution is 5.71. The molecule has 0 aliphatic heterocycles. The van der Waals surface area contributed by atoms with Crippen LogP contribution >= 0.6 is 0 Å². The van der Waals surface area contributed by atoms with E-state index in [0.717, 1.165) is 38.5 Å². The van der Waals surface area contributed by atoms with E-state index in [1.54, 1.807) is 0 Å². The van der Waals surface area contributed by atoms with Gasteiger partial charge in [0.25, 0.3) is 6.29 Å². The molecule has 0 heterocycles. The average molecular weight is 1160 g/mol. The molecule has 9 heteroatoms. The Kier molecular flexibility index (Phi) is 63.9. The van der Waals surface area contributed by atoms with E-state index in [0.29, 0.717) is 17.4 Å². The van der Waals surface area contributed by atoms with Crippen LogP contribution in [0.15, 0.2) is 0 Å². The third kappa shape index (κ3) is 65.8. The van der Waals surface area contributed by atoms with E-state index in [1.807, 2.05) is 21.1 Å². The Labute approximate surface area is 511 Å². The smallest absolute Gasteiger partial charge is 0.361 e. The lowest BCUT2D eigenvalue weighted by Crippen LogP contribution is -2.40. The molecule has 2 atom stereocenters. The third-order valence-corrected chi connectivity index (χ3v) is 17.1. The minimum absolute atomic E-state index is 0.172. The fourth-order valence-electron chi connectivity index (χ4n) is 11.5. The van der Waals surface area contributed by atoms with Gasteiger partial charge in [-0.05, 0) is 12.8 Å². The Balaban J connectivity index is 4.00. The van der Waals surface area contributed by atoms with Gasteiger partial charge in [0, 0.05) is 12.8 Å². The van der Waals surface area contributed by atoms with Crippen molar-refractivity contribution in [2.45, 2.75) is 405 Å². The molecule has 0 rings (SSSR count). The molecule has 0 saturated heterocycles. The van der Waals surface area contributed by atoms with Crippen molar-refractivity contribution in [1.29, 1.82) is 0 Å². The summed E-state index contributed by atoms with van der Waals surface area (Å²) in [6, 6.07) is 0. The summed E-state index contributed by atoms with van der Waals surface area (Å²) in [5.41, 5.74) is 0. The second kappa shape index (κ2) is 65.3. The number of hydrogen-bond donors (Lipinski definition) is 1. The molecule has 0 radical (unpaired) electrons. The van der Waals surface area contributed by atoms with Gasteiger partial charge in [-0.1, -0.05) is 367 Å². The van der Waals surface area contributed by atoms with Crippen molar-refractivity contribution in [1.82, 2.24) is 0 Å². The van der Waals surface area contributed by atoms with Gasteiger partial charge in [-0.25, -0.2) is 4.79 Å². The molecule has 0 aliphatic rings. The van der Waals surface area contributed by atoms with E-state index >= 15 is 0 Å². The van der Waals surface area contributed by atoms with Crippen LogP contribution in [0.1, 0.15) is 393 Å². The zero-order valence-electron chi connectivity index (χ0n) is 56.0. The standard InChI is InChI=1S/C73H143NO8/c1-6-8-10-12-14-16-18-20-22-24-26-28-30-32-33-34-35-36-37-38-39-40-42-44-46-48-50-52-54-56-58-60-62-64-71(76)82-69(68-81-73(72(77)78)79-66-65-74(3,4)5)67-80-70(75)63-61-59-57-55-53-51-49-47-45-43-41-31-29-27-25-23-21-19-17-15-13-11-9-7-2/h69,73H,6-68H2,1-5H3/p+1. The number of aliphatic carboxylic acids is 1. The molecule has 0 spiro atoms. The van der Waals surface area contributed by atoms with Crippen molar-refractivity contribution in [3.63, 3.8) is 0 Å². The predicted molar refractivity (Wildman–Crippen MR) is 351 cm³/mol. The van der Waals surface area contributed by atoms with Gasteiger partial charge in [0.1, 0.15) is 13.2 Å². The number of unbranched alkanes of at least 4 members (excludes halogenated alkanes) is 55. The molecular weight excluding hydrogens is 1020 g/mol. The summed E-state index contributed by atoms with van der Waals surface area (Å²) < 4.78 is 23.0. The lowest BCUT2D eigenvalue weighted by Gasteiger charge is -2.25. The summed E-state index contributed by atoms with van der Waals surface area (Å²) in [6.07, 6.45) is 75.2. The Morgan fingerprint density at radius 2 is 0.549 bits per heavy atom. The summed E-state index contributed by atoms with van der Waals surface area (Å²) in [7, 11) is 6.00. The molecular formula is C73H144NO8+. The molecule has 0 bridgehead atoms. The summed E-state index contributed by atoms with van der Waals surface area (Å²) in [5, 5.41) is 9.75. The zero-order chi connectivity index (χ0) is 59.8. The topological polar surface area (TPSA) is 108 Å². The molecule has 82 heavy (non-hydrogen) atoms. The number of likely N-dealkylation sites (N-methyl/N-ethyl adjacent to an activating group) is 1. The predicted octanol–water partition coefficient (Wildman–Crippen LogP) is 22.6. The van der Waals surface area contributed by atoms with Gasteiger partial charge >= 0.3 is 17.9 Å². The van der Waals surface area contributed by atoms with E-state index in [9.17, 15) is 19.5 Å². The van der Waals surface area contributed by atoms with Crippen molar-refractivity contribution in [3.05, 3.63) is 0 Å². The second-order valence-electron chi connectivity index (χ2n) is 26.6. The Hall–Kier alpha value is -1.71. The highest BCUT2D eigenvalue weighted by Gasteiger charge is 2.25. The first kappa shape index (κ1) is 80.3. The normalized spacial score (nSPS) is 12.5. The van der Waals surface area contributed by atoms with Gasteiger partial charge in [-0.2, -0.15) is 0 Å². The largest absolute Gasteiger partial charge is 0.477 e. The number of carboxylic acids is 1. The highest BCUT2D eigenvalue weighted by Crippen LogP contribution is 2.20. The number of esters is 2. The third-order valence-electron chi connectivity index (χ3n) is 17.1. The maximum Gasteiger partial charge on any atom is 0.361 e. The van der Waals surface area contributed by atoms with Crippen LogP contribution in [-0.2, 0) is 33.3 Å². The number of carbonyl (C=O) groups excluding carboxylic acids is 2. The molecule has 0 aliphatic carbocycles. The van der Waals surface area contributed by atoms with Crippen molar-refractivity contribution in [2.24, 2.45) is 0 Å². The number of carbonyl (C=O) groups is 3. The van der Waals surface area contributed by atoms with E-state index in [1.165, 1.54) is 327 Å². The Morgan fingerprint density at radius 3 is 0.780 bits per heavy atom. The second-order valence-corrected chi connectivity index (χ2v) is 26.6. The van der Waals surface area contributed by atoms with Crippen LogP contribution in [0.5, 0.6) is 0 Å². The fraction of sp³-hybridized carbons (Fsp3) is 0.959. The van der Waals surface area contributed by atoms with Gasteiger partial charge in [0.2, 0.25) is 0 Å². The van der Waals surface area contributed by atoms with Crippen LogP contribution in [0.2, 0.25) is 0 Å². The van der Waals surface area contributed by atoms with Gasteiger partial charge in [-0.15, -0.1) is 0 Å². The zero-order valence-corrected chi connectivity index (χ0v) is 56.0. The summed E-state index contributed by atoms with van der Waals surface area (Å²) in [6.45, 7) is 4.98. The number of rotatable bonds is 70. The van der Waals surface area contributed by atoms with Crippen LogP contribution in [-0.4, -0.2) is 87.4 Å². The number of quaternary nitrogens is 1. The monoisotopic (exact) mass is 1160 g/mol. The summed E-state index contributed by atoms with van der Waals surface area (Å²) >= 11 is 0. The van der Waals surface area contributed by atoms with E-state index in [-0.39, 0.29) is 38.2 Å². The van der Waals surface area contributed by atoms with Crippen molar-refractivity contribution >= 4 is 17.9 Å². The molecule has 0 fully saturated rings. The van der Waals surface area contributed by atoms with Gasteiger partial charge < -0.3 is 28.5 Å². The Morgan fingerprint density at radius 1 is 0.317 bits per heavy atom. The molecule has 0 saturated carbocycles. The number of carboxylic acid groups (broad SMARTS) is 1. The minimum atomic E-state index is -1.50. The number of hydrogen-bond acceptors (Lipinski definition) is 7. The first-order valence-corrected chi connectivity index (χ1v) is 36.7. The number of nitrogens with zero attached hydrogens (tertiary/aromatic N) is 1. The first-order chi connectivity index (χ1) is 40.1. The van der Waals surface area contributed by atoms with Crippen molar-refractivity contribution in [3.8, 4) is 0 Å². The van der Waals surface area contributed by atoms with Crippen molar-refractivity contribution in [2.75, 3.05) is 47.5 Å². The number of ether oxygens (including phenoxy) is 4. The summed E-state index contributed by atoms with van der Waals surface area (Å²) in [4.78, 5) is 37.6. The van der Waals surface area contributed by atoms with E-state index < -0.39 is 18.4 Å². The molecule has 0 aromatic carbocycles. The maximum atomic E-state index is 13.0. The summed E-state index contributed by atoms with van der Waals surface area (Å²) in [5.74, 6) is -1.96. The molecule has 0 aromatic rings. The lowest BCUT2D eigenvalue weighted by molar-refractivity contribution is -0.870. The minimum Gasteiger partial charge on any atom is -0.477 e. The van der Waals surface area contributed by atoms with E-state index in [2.05, 4.69) is 13.8 Å². The van der Waals surface area contributed by atoms with Crippen LogP contribution in [0.3, 0.4) is 0 Å². The van der Waals surface area contributed by atoms with Gasteiger partial charge in [0.05, 0.1) is 34.4 Å². The van der Waals surface area contributed by atoms with Crippen LogP contribution in [0.25, 0.3) is 0 Å². The maximum absolute atomic E-state index is 13.0.